The Bertz CT molecular complexity index is 501. The molecule has 4 nitrogen and oxygen atoms in total. The van der Waals surface area contributed by atoms with Crippen LogP contribution in [0.3, 0.4) is 0 Å². The highest BCUT2D eigenvalue weighted by Crippen LogP contribution is 2.27. The average Bonchev–Trinajstić information content (AvgIpc) is 2.28. The van der Waals surface area contributed by atoms with E-state index in [1.54, 1.807) is 13.0 Å². The van der Waals surface area contributed by atoms with Crippen LogP contribution in [0.1, 0.15) is 30.2 Å². The van der Waals surface area contributed by atoms with Crippen molar-refractivity contribution in [3.63, 3.8) is 0 Å². The Morgan fingerprint density at radius 3 is 2.83 bits per heavy atom. The van der Waals surface area contributed by atoms with Crippen molar-refractivity contribution in [3.8, 4) is 6.07 Å². The maximum atomic E-state index is 12.7. The van der Waals surface area contributed by atoms with Crippen molar-refractivity contribution in [3.05, 3.63) is 27.5 Å². The molecule has 1 heterocycles. The quantitative estimate of drug-likeness (QED) is 0.632. The molecule has 0 aliphatic rings. The van der Waals surface area contributed by atoms with E-state index >= 15 is 0 Å². The van der Waals surface area contributed by atoms with Crippen LogP contribution in [0.2, 0.25) is 0 Å². The highest BCUT2D eigenvalue weighted by Gasteiger charge is 2.20. The fourth-order valence-electron chi connectivity index (χ4n) is 1.36. The van der Waals surface area contributed by atoms with Gasteiger partial charge >= 0.3 is 5.97 Å². The lowest BCUT2D eigenvalue weighted by atomic mass is 10.1. The monoisotopic (exact) mass is 318 g/mol. The second-order valence-electron chi connectivity index (χ2n) is 3.25. The van der Waals surface area contributed by atoms with E-state index < -0.39 is 18.0 Å². The number of carbonyl (C=O) groups is 1. The fourth-order valence-corrected chi connectivity index (χ4v) is 1.82. The second-order valence-corrected chi connectivity index (χ2v) is 4.06. The van der Waals surface area contributed by atoms with Crippen molar-refractivity contribution in [2.45, 2.75) is 19.8 Å². The van der Waals surface area contributed by atoms with Crippen LogP contribution in [0.4, 0.5) is 8.78 Å². The van der Waals surface area contributed by atoms with E-state index in [0.717, 1.165) is 6.07 Å². The van der Waals surface area contributed by atoms with Crippen LogP contribution >= 0.6 is 15.9 Å². The van der Waals surface area contributed by atoms with Gasteiger partial charge in [0.25, 0.3) is 6.43 Å². The number of carbonyl (C=O) groups excluding carboxylic acids is 1. The minimum Gasteiger partial charge on any atom is -0.466 e. The minimum absolute atomic E-state index is 0.0133. The Morgan fingerprint density at radius 1 is 1.67 bits per heavy atom. The van der Waals surface area contributed by atoms with Gasteiger partial charge in [-0.3, -0.25) is 4.79 Å². The first kappa shape index (κ1) is 14.5. The Balaban J connectivity index is 3.18. The number of hydrogen-bond acceptors (Lipinski definition) is 4. The summed E-state index contributed by atoms with van der Waals surface area (Å²) in [6.45, 7) is 1.80. The molecule has 1 aromatic rings. The summed E-state index contributed by atoms with van der Waals surface area (Å²) < 4.78 is 30.3. The number of esters is 1. The van der Waals surface area contributed by atoms with E-state index in [1.807, 2.05) is 0 Å². The van der Waals surface area contributed by atoms with Crippen molar-refractivity contribution < 1.29 is 18.3 Å². The summed E-state index contributed by atoms with van der Waals surface area (Å²) >= 11 is 2.97. The number of alkyl halides is 2. The number of ether oxygens (including phenoxy) is 1. The van der Waals surface area contributed by atoms with E-state index in [0.29, 0.717) is 0 Å². The van der Waals surface area contributed by atoms with Crippen LogP contribution in [0.25, 0.3) is 0 Å². The maximum Gasteiger partial charge on any atom is 0.311 e. The van der Waals surface area contributed by atoms with Crippen LogP contribution in [0, 0.1) is 11.3 Å². The van der Waals surface area contributed by atoms with Crippen molar-refractivity contribution in [1.82, 2.24) is 4.98 Å². The van der Waals surface area contributed by atoms with Gasteiger partial charge < -0.3 is 4.74 Å². The number of halogens is 3. The molecule has 0 atom stereocenters. The van der Waals surface area contributed by atoms with Gasteiger partial charge in [-0.25, -0.2) is 13.8 Å². The predicted octanol–water partition coefficient (Wildman–Crippen LogP) is 2.76. The molecule has 0 saturated carbocycles. The Hall–Kier alpha value is -1.55. The molecule has 0 N–H and O–H groups in total. The normalized spacial score (nSPS) is 10.2. The molecule has 0 unspecified atom stereocenters. The lowest BCUT2D eigenvalue weighted by molar-refractivity contribution is -0.142. The molecule has 96 valence electrons. The molecular formula is C11H9BrF2N2O2. The standard InChI is InChI=1S/C11H9BrF2N2O2/c1-2-18-10(17)4-8-7(5-15)6(11(13)14)3-9(12)16-8/h3,11H,2,4H2,1H3. The summed E-state index contributed by atoms with van der Waals surface area (Å²) in [6.07, 6.45) is -3.12. The van der Waals surface area contributed by atoms with Gasteiger partial charge in [-0.15, -0.1) is 0 Å². The number of pyridine rings is 1. The van der Waals surface area contributed by atoms with Crippen molar-refractivity contribution in [2.24, 2.45) is 0 Å². The molecule has 0 aromatic carbocycles. The zero-order valence-corrected chi connectivity index (χ0v) is 11.0. The summed E-state index contributed by atoms with van der Waals surface area (Å²) in [5.41, 5.74) is -0.736. The SMILES string of the molecule is CCOC(=O)Cc1nc(Br)cc(C(F)F)c1C#N. The maximum absolute atomic E-state index is 12.7. The zero-order chi connectivity index (χ0) is 13.7. The zero-order valence-electron chi connectivity index (χ0n) is 9.41. The predicted molar refractivity (Wildman–Crippen MR) is 61.9 cm³/mol. The molecule has 0 amide bonds. The van der Waals surface area contributed by atoms with Gasteiger partial charge in [0, 0.05) is 5.56 Å². The molecule has 0 fully saturated rings. The molecule has 18 heavy (non-hydrogen) atoms. The first-order valence-electron chi connectivity index (χ1n) is 5.02. The van der Waals surface area contributed by atoms with Crippen molar-refractivity contribution in [2.75, 3.05) is 6.61 Å². The largest absolute Gasteiger partial charge is 0.466 e. The Kier molecular flexibility index (Phi) is 5.16. The third kappa shape index (κ3) is 3.47. The van der Waals surface area contributed by atoms with Crippen LogP contribution in [0.15, 0.2) is 10.7 Å². The molecule has 0 aliphatic heterocycles. The second kappa shape index (κ2) is 6.40. The van der Waals surface area contributed by atoms with Gasteiger partial charge in [0.1, 0.15) is 10.7 Å². The first-order valence-corrected chi connectivity index (χ1v) is 5.82. The summed E-state index contributed by atoms with van der Waals surface area (Å²) in [4.78, 5) is 15.2. The van der Waals surface area contributed by atoms with Gasteiger partial charge in [-0.05, 0) is 28.9 Å². The van der Waals surface area contributed by atoms with Crippen LogP contribution < -0.4 is 0 Å². The summed E-state index contributed by atoms with van der Waals surface area (Å²) in [5.74, 6) is -0.611. The highest BCUT2D eigenvalue weighted by atomic mass is 79.9. The van der Waals surface area contributed by atoms with Crippen LogP contribution in [-0.2, 0) is 16.0 Å². The van der Waals surface area contributed by atoms with Gasteiger partial charge in [0.15, 0.2) is 0 Å². The van der Waals surface area contributed by atoms with Crippen LogP contribution in [-0.4, -0.2) is 17.6 Å². The molecule has 0 radical (unpaired) electrons. The van der Waals surface area contributed by atoms with Gasteiger partial charge in [-0.1, -0.05) is 0 Å². The molecule has 1 rings (SSSR count). The smallest absolute Gasteiger partial charge is 0.311 e. The first-order chi connectivity index (χ1) is 8.49. The third-order valence-corrected chi connectivity index (χ3v) is 2.46. The number of nitriles is 1. The minimum atomic E-state index is -2.81. The third-order valence-electron chi connectivity index (χ3n) is 2.06. The van der Waals surface area contributed by atoms with Gasteiger partial charge in [0.2, 0.25) is 0 Å². The molecule has 0 bridgehead atoms. The molecule has 0 saturated heterocycles. The van der Waals surface area contributed by atoms with Crippen LogP contribution in [0.5, 0.6) is 0 Å². The van der Waals surface area contributed by atoms with Gasteiger partial charge in [-0.2, -0.15) is 5.26 Å². The Morgan fingerprint density at radius 2 is 2.33 bits per heavy atom. The molecule has 0 spiro atoms. The van der Waals surface area contributed by atoms with E-state index in [9.17, 15) is 13.6 Å². The van der Waals surface area contributed by atoms with Crippen molar-refractivity contribution >= 4 is 21.9 Å². The van der Waals surface area contributed by atoms with E-state index in [-0.39, 0.29) is 28.9 Å². The summed E-state index contributed by atoms with van der Waals surface area (Å²) in [6, 6.07) is 2.72. The lowest BCUT2D eigenvalue weighted by Crippen LogP contribution is -2.11. The number of rotatable bonds is 4. The lowest BCUT2D eigenvalue weighted by Gasteiger charge is -2.08. The molecule has 7 heteroatoms. The number of hydrogen-bond donors (Lipinski definition) is 0. The van der Waals surface area contributed by atoms with E-state index in [4.69, 9.17) is 10.00 Å². The highest BCUT2D eigenvalue weighted by molar-refractivity contribution is 9.10. The average molecular weight is 319 g/mol. The number of aromatic nitrogens is 1. The molecular weight excluding hydrogens is 310 g/mol. The topological polar surface area (TPSA) is 63.0 Å². The van der Waals surface area contributed by atoms with E-state index in [1.165, 1.54) is 0 Å². The number of nitrogens with zero attached hydrogens (tertiary/aromatic N) is 2. The Labute approximate surface area is 111 Å². The molecule has 0 aliphatic carbocycles. The van der Waals surface area contributed by atoms with Crippen molar-refractivity contribution in [1.29, 1.82) is 5.26 Å². The molecule has 1 aromatic heterocycles. The summed E-state index contributed by atoms with van der Waals surface area (Å²) in [5, 5.41) is 8.89. The fraction of sp³-hybridized carbons (Fsp3) is 0.364. The van der Waals surface area contributed by atoms with Gasteiger partial charge in [0.05, 0.1) is 24.3 Å². The summed E-state index contributed by atoms with van der Waals surface area (Å²) in [7, 11) is 0. The van der Waals surface area contributed by atoms with E-state index in [2.05, 4.69) is 20.9 Å².